The second-order valence-electron chi connectivity index (χ2n) is 4.72. The Kier molecular flexibility index (Phi) is 4.16. The van der Waals surface area contributed by atoms with Crippen molar-refractivity contribution in [2.24, 2.45) is 5.92 Å². The molecule has 18 heavy (non-hydrogen) atoms. The minimum absolute atomic E-state index is 0.342. The molecule has 0 N–H and O–H groups in total. The molecular formula is C14H17FN2O. The summed E-state index contributed by atoms with van der Waals surface area (Å²) in [5, 5.41) is 8.67. The summed E-state index contributed by atoms with van der Waals surface area (Å²) in [7, 11) is 1.82. The lowest BCUT2D eigenvalue weighted by Crippen LogP contribution is -2.23. The van der Waals surface area contributed by atoms with Crippen LogP contribution in [0.5, 0.6) is 0 Å². The zero-order valence-electron chi connectivity index (χ0n) is 10.5. The Morgan fingerprint density at radius 2 is 2.28 bits per heavy atom. The van der Waals surface area contributed by atoms with E-state index < -0.39 is 0 Å². The van der Waals surface area contributed by atoms with Crippen LogP contribution in [-0.2, 0) is 4.74 Å². The van der Waals surface area contributed by atoms with Gasteiger partial charge in [-0.25, -0.2) is 4.39 Å². The topological polar surface area (TPSA) is 36.3 Å². The lowest BCUT2D eigenvalue weighted by molar-refractivity contribution is 0.131. The number of nitriles is 1. The molecule has 1 saturated carbocycles. The van der Waals surface area contributed by atoms with Gasteiger partial charge in [0, 0.05) is 20.2 Å². The van der Waals surface area contributed by atoms with Crippen molar-refractivity contribution in [3.8, 4) is 6.07 Å². The highest BCUT2D eigenvalue weighted by atomic mass is 19.1. The van der Waals surface area contributed by atoms with E-state index in [1.165, 1.54) is 18.9 Å². The van der Waals surface area contributed by atoms with Crippen LogP contribution < -0.4 is 4.90 Å². The van der Waals surface area contributed by atoms with Crippen LogP contribution in [0.1, 0.15) is 18.4 Å². The molecule has 1 aromatic rings. The van der Waals surface area contributed by atoms with E-state index in [1.807, 2.05) is 18.0 Å². The summed E-state index contributed by atoms with van der Waals surface area (Å²) >= 11 is 0. The Morgan fingerprint density at radius 3 is 2.89 bits per heavy atom. The van der Waals surface area contributed by atoms with E-state index >= 15 is 0 Å². The fourth-order valence-corrected chi connectivity index (χ4v) is 1.74. The predicted octanol–water partition coefficient (Wildman–Crippen LogP) is 2.56. The van der Waals surface area contributed by atoms with Crippen molar-refractivity contribution in [3.05, 3.63) is 29.6 Å². The molecule has 0 bridgehead atoms. The maximum Gasteiger partial charge on any atom is 0.147 e. The molecule has 4 heteroatoms. The van der Waals surface area contributed by atoms with Gasteiger partial charge < -0.3 is 9.64 Å². The Hall–Kier alpha value is -1.60. The monoisotopic (exact) mass is 248 g/mol. The molecular weight excluding hydrogens is 231 g/mol. The zero-order chi connectivity index (χ0) is 13.0. The van der Waals surface area contributed by atoms with E-state index in [2.05, 4.69) is 0 Å². The third kappa shape index (κ3) is 3.44. The van der Waals surface area contributed by atoms with Gasteiger partial charge in [-0.3, -0.25) is 0 Å². The van der Waals surface area contributed by atoms with E-state index in [-0.39, 0.29) is 5.82 Å². The van der Waals surface area contributed by atoms with Crippen LogP contribution >= 0.6 is 0 Å². The molecule has 1 aromatic carbocycles. The van der Waals surface area contributed by atoms with Gasteiger partial charge in [0.15, 0.2) is 0 Å². The van der Waals surface area contributed by atoms with Crippen LogP contribution in [-0.4, -0.2) is 26.8 Å². The number of likely N-dealkylation sites (N-methyl/N-ethyl adjacent to an activating group) is 1. The molecule has 0 aromatic heterocycles. The molecule has 0 saturated heterocycles. The van der Waals surface area contributed by atoms with E-state index in [0.29, 0.717) is 24.4 Å². The molecule has 3 nitrogen and oxygen atoms in total. The largest absolute Gasteiger partial charge is 0.379 e. The third-order valence-corrected chi connectivity index (χ3v) is 3.11. The van der Waals surface area contributed by atoms with Crippen LogP contribution in [0.4, 0.5) is 10.1 Å². The van der Waals surface area contributed by atoms with E-state index in [4.69, 9.17) is 10.00 Å². The van der Waals surface area contributed by atoms with Crippen molar-refractivity contribution in [1.82, 2.24) is 0 Å². The van der Waals surface area contributed by atoms with Crippen LogP contribution in [0.3, 0.4) is 0 Å². The number of hydrogen-bond donors (Lipinski definition) is 0. The molecule has 0 amide bonds. The van der Waals surface area contributed by atoms with Crippen LogP contribution in [0.2, 0.25) is 0 Å². The molecule has 96 valence electrons. The number of halogens is 1. The van der Waals surface area contributed by atoms with Gasteiger partial charge in [0.25, 0.3) is 0 Å². The average Bonchev–Trinajstić information content (AvgIpc) is 3.18. The lowest BCUT2D eigenvalue weighted by Gasteiger charge is -2.19. The fourth-order valence-electron chi connectivity index (χ4n) is 1.74. The molecule has 0 spiro atoms. The number of anilines is 1. The summed E-state index contributed by atoms with van der Waals surface area (Å²) in [5.41, 5.74) is 0.846. The number of nitrogens with zero attached hydrogens (tertiary/aromatic N) is 2. The average molecular weight is 248 g/mol. The van der Waals surface area contributed by atoms with Crippen molar-refractivity contribution in [2.75, 3.05) is 31.7 Å². The van der Waals surface area contributed by atoms with Crippen LogP contribution in [0.25, 0.3) is 0 Å². The number of rotatable bonds is 6. The van der Waals surface area contributed by atoms with Gasteiger partial charge in [0.1, 0.15) is 5.82 Å². The third-order valence-electron chi connectivity index (χ3n) is 3.11. The predicted molar refractivity (Wildman–Crippen MR) is 67.9 cm³/mol. The number of benzene rings is 1. The minimum Gasteiger partial charge on any atom is -0.379 e. The van der Waals surface area contributed by atoms with Crippen LogP contribution in [0.15, 0.2) is 18.2 Å². The highest BCUT2D eigenvalue weighted by Gasteiger charge is 2.21. The van der Waals surface area contributed by atoms with Crippen molar-refractivity contribution >= 4 is 5.69 Å². The van der Waals surface area contributed by atoms with Gasteiger partial charge >= 0.3 is 0 Å². The molecule has 1 aliphatic rings. The van der Waals surface area contributed by atoms with E-state index in [1.54, 1.807) is 12.1 Å². The van der Waals surface area contributed by atoms with Crippen molar-refractivity contribution < 1.29 is 9.13 Å². The summed E-state index contributed by atoms with van der Waals surface area (Å²) in [6.07, 6.45) is 2.56. The summed E-state index contributed by atoms with van der Waals surface area (Å²) in [6, 6.07) is 6.44. The van der Waals surface area contributed by atoms with Gasteiger partial charge in [-0.05, 0) is 37.0 Å². The molecule has 0 aliphatic heterocycles. The zero-order valence-corrected chi connectivity index (χ0v) is 10.5. The van der Waals surface area contributed by atoms with Crippen molar-refractivity contribution in [1.29, 1.82) is 5.26 Å². The Balaban J connectivity index is 1.83. The second-order valence-corrected chi connectivity index (χ2v) is 4.72. The molecule has 0 unspecified atom stereocenters. The molecule has 2 rings (SSSR count). The minimum atomic E-state index is -0.362. The molecule has 0 heterocycles. The fraction of sp³-hybridized carbons (Fsp3) is 0.500. The highest BCUT2D eigenvalue weighted by molar-refractivity contribution is 5.50. The van der Waals surface area contributed by atoms with Gasteiger partial charge in [0.05, 0.1) is 23.9 Å². The molecule has 1 aliphatic carbocycles. The first-order valence-corrected chi connectivity index (χ1v) is 6.19. The summed E-state index contributed by atoms with van der Waals surface area (Å²) in [4.78, 5) is 1.81. The SMILES string of the molecule is CN(CCOCC1CC1)c1ccc(C#N)cc1F. The van der Waals surface area contributed by atoms with Crippen LogP contribution in [0, 0.1) is 23.1 Å². The Labute approximate surface area is 107 Å². The normalized spacial score (nSPS) is 14.3. The first kappa shape index (κ1) is 12.8. The van der Waals surface area contributed by atoms with E-state index in [0.717, 1.165) is 12.5 Å². The quantitative estimate of drug-likeness (QED) is 0.726. The Bertz CT molecular complexity index is 452. The van der Waals surface area contributed by atoms with Crippen molar-refractivity contribution in [3.63, 3.8) is 0 Å². The molecule has 0 atom stereocenters. The molecule has 0 radical (unpaired) electrons. The van der Waals surface area contributed by atoms with Gasteiger partial charge in [-0.2, -0.15) is 5.26 Å². The first-order chi connectivity index (χ1) is 8.70. The summed E-state index contributed by atoms with van der Waals surface area (Å²) in [5.74, 6) is 0.390. The summed E-state index contributed by atoms with van der Waals surface area (Å²) in [6.45, 7) is 2.08. The smallest absolute Gasteiger partial charge is 0.147 e. The van der Waals surface area contributed by atoms with Gasteiger partial charge in [0.2, 0.25) is 0 Å². The first-order valence-electron chi connectivity index (χ1n) is 6.19. The Morgan fingerprint density at radius 1 is 1.50 bits per heavy atom. The van der Waals surface area contributed by atoms with Crippen molar-refractivity contribution in [2.45, 2.75) is 12.8 Å². The summed E-state index contributed by atoms with van der Waals surface area (Å²) < 4.78 is 19.2. The number of ether oxygens (including phenoxy) is 1. The van der Waals surface area contributed by atoms with E-state index in [9.17, 15) is 4.39 Å². The lowest BCUT2D eigenvalue weighted by atomic mass is 10.2. The molecule has 1 fully saturated rings. The highest BCUT2D eigenvalue weighted by Crippen LogP contribution is 2.28. The number of hydrogen-bond acceptors (Lipinski definition) is 3. The van der Waals surface area contributed by atoms with Gasteiger partial charge in [-0.1, -0.05) is 0 Å². The van der Waals surface area contributed by atoms with Gasteiger partial charge in [-0.15, -0.1) is 0 Å². The second kappa shape index (κ2) is 5.83. The maximum absolute atomic E-state index is 13.7. The standard InChI is InChI=1S/C14H17FN2O/c1-17(6-7-18-10-11-2-3-11)14-5-4-12(9-16)8-13(14)15/h4-5,8,11H,2-3,6-7,10H2,1H3. The maximum atomic E-state index is 13.7.